The van der Waals surface area contributed by atoms with Crippen molar-refractivity contribution in [1.82, 2.24) is 0 Å². The molecule has 0 saturated carbocycles. The van der Waals surface area contributed by atoms with Crippen molar-refractivity contribution < 1.29 is 13.9 Å². The molecule has 13 heavy (non-hydrogen) atoms. The van der Waals surface area contributed by atoms with Crippen LogP contribution in [-0.4, -0.2) is 11.7 Å². The van der Waals surface area contributed by atoms with Gasteiger partial charge in [-0.25, -0.2) is 8.78 Å². The summed E-state index contributed by atoms with van der Waals surface area (Å²) in [6, 6.07) is 2.98. The van der Waals surface area contributed by atoms with E-state index in [1.807, 2.05) is 0 Å². The van der Waals surface area contributed by atoms with Crippen molar-refractivity contribution in [3.8, 4) is 0 Å². The summed E-state index contributed by atoms with van der Waals surface area (Å²) in [7, 11) is 0. The second-order valence-corrected chi connectivity index (χ2v) is 2.76. The van der Waals surface area contributed by atoms with Crippen molar-refractivity contribution in [2.24, 2.45) is 5.73 Å². The number of benzene rings is 1. The maximum Gasteiger partial charge on any atom is 0.129 e. The van der Waals surface area contributed by atoms with E-state index >= 15 is 0 Å². The molecule has 0 bridgehead atoms. The Bertz CT molecular complexity index is 291. The average molecular weight is 187 g/mol. The van der Waals surface area contributed by atoms with E-state index in [0.717, 1.165) is 18.2 Å². The first kappa shape index (κ1) is 10.1. The second-order valence-electron chi connectivity index (χ2n) is 2.76. The Kier molecular flexibility index (Phi) is 3.33. The number of nitrogens with two attached hydrogens (primary N) is 1. The fourth-order valence-electron chi connectivity index (χ4n) is 1.08. The van der Waals surface area contributed by atoms with Gasteiger partial charge in [0.2, 0.25) is 0 Å². The Labute approximate surface area is 75.0 Å². The van der Waals surface area contributed by atoms with Gasteiger partial charge in [-0.15, -0.1) is 0 Å². The average Bonchev–Trinajstić information content (AvgIpc) is 2.09. The molecule has 1 aromatic rings. The van der Waals surface area contributed by atoms with Gasteiger partial charge in [0.15, 0.2) is 0 Å². The minimum Gasteiger partial charge on any atom is -0.388 e. The molecule has 0 fully saturated rings. The van der Waals surface area contributed by atoms with Gasteiger partial charge in [-0.05, 0) is 31.2 Å². The highest BCUT2D eigenvalue weighted by atomic mass is 19.1. The maximum atomic E-state index is 13.0. The molecule has 0 aliphatic carbocycles. The van der Waals surface area contributed by atoms with Crippen molar-refractivity contribution in [3.63, 3.8) is 0 Å². The summed E-state index contributed by atoms with van der Waals surface area (Å²) >= 11 is 0. The molecule has 1 unspecified atom stereocenters. The lowest BCUT2D eigenvalue weighted by Crippen LogP contribution is -2.08. The van der Waals surface area contributed by atoms with Crippen LogP contribution in [0.5, 0.6) is 0 Å². The molecule has 3 N–H and O–H groups in total. The molecule has 0 spiro atoms. The van der Waals surface area contributed by atoms with E-state index < -0.39 is 17.7 Å². The zero-order chi connectivity index (χ0) is 9.84. The molecular weight excluding hydrogens is 176 g/mol. The molecule has 0 aliphatic rings. The standard InChI is InChI=1S/C9H11F2NO/c10-6-1-2-8(11)7(5-6)9(13)3-4-12/h1-2,5,9,13H,3-4,12H2. The zero-order valence-electron chi connectivity index (χ0n) is 7.00. The fraction of sp³-hybridized carbons (Fsp3) is 0.333. The maximum absolute atomic E-state index is 13.0. The number of rotatable bonds is 3. The highest BCUT2D eigenvalue weighted by molar-refractivity contribution is 5.20. The van der Waals surface area contributed by atoms with Gasteiger partial charge in [0.25, 0.3) is 0 Å². The van der Waals surface area contributed by atoms with Gasteiger partial charge in [-0.2, -0.15) is 0 Å². The van der Waals surface area contributed by atoms with Gasteiger partial charge < -0.3 is 10.8 Å². The predicted molar refractivity (Wildman–Crippen MR) is 45.0 cm³/mol. The molecule has 72 valence electrons. The molecular formula is C9H11F2NO. The number of aliphatic hydroxyl groups is 1. The molecule has 0 radical (unpaired) electrons. The van der Waals surface area contributed by atoms with Gasteiger partial charge in [-0.3, -0.25) is 0 Å². The van der Waals surface area contributed by atoms with Crippen LogP contribution in [0.25, 0.3) is 0 Å². The van der Waals surface area contributed by atoms with E-state index in [-0.39, 0.29) is 18.5 Å². The van der Waals surface area contributed by atoms with Crippen LogP contribution >= 0.6 is 0 Å². The summed E-state index contributed by atoms with van der Waals surface area (Å²) < 4.78 is 25.6. The minimum absolute atomic E-state index is 0.0366. The van der Waals surface area contributed by atoms with Gasteiger partial charge in [0.05, 0.1) is 6.10 Å². The summed E-state index contributed by atoms with van der Waals surface area (Å²) in [6.45, 7) is 0.233. The van der Waals surface area contributed by atoms with Gasteiger partial charge in [-0.1, -0.05) is 0 Å². The first-order chi connectivity index (χ1) is 6.15. The molecule has 1 rings (SSSR count). The predicted octanol–water partition coefficient (Wildman–Crippen LogP) is 1.35. The molecule has 1 atom stereocenters. The summed E-state index contributed by atoms with van der Waals surface area (Å²) in [5.41, 5.74) is 5.14. The van der Waals surface area contributed by atoms with Crippen molar-refractivity contribution in [1.29, 1.82) is 0 Å². The van der Waals surface area contributed by atoms with Crippen LogP contribution in [0.3, 0.4) is 0 Å². The Morgan fingerprint density at radius 1 is 1.38 bits per heavy atom. The Hall–Kier alpha value is -1.00. The van der Waals surface area contributed by atoms with Gasteiger partial charge >= 0.3 is 0 Å². The number of aliphatic hydroxyl groups excluding tert-OH is 1. The van der Waals surface area contributed by atoms with E-state index in [0.29, 0.717) is 0 Å². The van der Waals surface area contributed by atoms with Crippen molar-refractivity contribution in [2.45, 2.75) is 12.5 Å². The molecule has 1 aromatic carbocycles. The van der Waals surface area contributed by atoms with E-state index in [1.54, 1.807) is 0 Å². The SMILES string of the molecule is NCCC(O)c1cc(F)ccc1F. The smallest absolute Gasteiger partial charge is 0.129 e. The number of hydrogen-bond donors (Lipinski definition) is 2. The van der Waals surface area contributed by atoms with E-state index in [2.05, 4.69) is 0 Å². The fourth-order valence-corrected chi connectivity index (χ4v) is 1.08. The first-order valence-electron chi connectivity index (χ1n) is 3.98. The van der Waals surface area contributed by atoms with Crippen LogP contribution in [0.1, 0.15) is 18.1 Å². The van der Waals surface area contributed by atoms with Crippen molar-refractivity contribution in [2.75, 3.05) is 6.54 Å². The number of hydrogen-bond acceptors (Lipinski definition) is 2. The van der Waals surface area contributed by atoms with Crippen LogP contribution in [0.15, 0.2) is 18.2 Å². The Morgan fingerprint density at radius 3 is 2.69 bits per heavy atom. The van der Waals surface area contributed by atoms with Crippen LogP contribution in [0.2, 0.25) is 0 Å². The molecule has 0 aromatic heterocycles. The third-order valence-electron chi connectivity index (χ3n) is 1.76. The third kappa shape index (κ3) is 2.47. The summed E-state index contributed by atoms with van der Waals surface area (Å²) in [5, 5.41) is 9.34. The normalized spacial score (nSPS) is 12.9. The van der Waals surface area contributed by atoms with Gasteiger partial charge in [0.1, 0.15) is 11.6 Å². The van der Waals surface area contributed by atoms with E-state index in [1.165, 1.54) is 0 Å². The first-order valence-corrected chi connectivity index (χ1v) is 3.98. The molecule has 4 heteroatoms. The third-order valence-corrected chi connectivity index (χ3v) is 1.76. The van der Waals surface area contributed by atoms with Crippen LogP contribution in [-0.2, 0) is 0 Å². The highest BCUT2D eigenvalue weighted by Gasteiger charge is 2.12. The monoisotopic (exact) mass is 187 g/mol. The van der Waals surface area contributed by atoms with E-state index in [9.17, 15) is 13.9 Å². The summed E-state index contributed by atoms with van der Waals surface area (Å²) in [6.07, 6.45) is -0.805. The Balaban J connectivity index is 2.91. The molecule has 0 saturated heterocycles. The van der Waals surface area contributed by atoms with Gasteiger partial charge in [0, 0.05) is 5.56 Å². The minimum atomic E-state index is -1.03. The second kappa shape index (κ2) is 4.30. The lowest BCUT2D eigenvalue weighted by molar-refractivity contribution is 0.165. The van der Waals surface area contributed by atoms with Crippen molar-refractivity contribution in [3.05, 3.63) is 35.4 Å². The molecule has 0 aliphatic heterocycles. The topological polar surface area (TPSA) is 46.2 Å². The molecule has 0 heterocycles. The largest absolute Gasteiger partial charge is 0.388 e. The Morgan fingerprint density at radius 2 is 2.08 bits per heavy atom. The quantitative estimate of drug-likeness (QED) is 0.750. The van der Waals surface area contributed by atoms with Crippen LogP contribution in [0, 0.1) is 11.6 Å². The zero-order valence-corrected chi connectivity index (χ0v) is 7.00. The summed E-state index contributed by atoms with van der Waals surface area (Å²) in [5.74, 6) is -1.17. The summed E-state index contributed by atoms with van der Waals surface area (Å²) in [4.78, 5) is 0. The van der Waals surface area contributed by atoms with Crippen LogP contribution < -0.4 is 5.73 Å². The van der Waals surface area contributed by atoms with E-state index in [4.69, 9.17) is 5.73 Å². The van der Waals surface area contributed by atoms with Crippen molar-refractivity contribution >= 4 is 0 Å². The molecule has 2 nitrogen and oxygen atoms in total. The highest BCUT2D eigenvalue weighted by Crippen LogP contribution is 2.20. The lowest BCUT2D eigenvalue weighted by Gasteiger charge is -2.10. The van der Waals surface area contributed by atoms with Crippen LogP contribution in [0.4, 0.5) is 8.78 Å². The lowest BCUT2D eigenvalue weighted by atomic mass is 10.1. The molecule has 0 amide bonds. The number of halogens is 2.